The van der Waals surface area contributed by atoms with Crippen LogP contribution in [0.25, 0.3) is 0 Å². The SMILES string of the molecule is CCCNC(COCCC)c1ccccc1OC(C)C. The van der Waals surface area contributed by atoms with Crippen LogP contribution in [0.4, 0.5) is 0 Å². The minimum atomic E-state index is 0.180. The quantitative estimate of drug-likeness (QED) is 0.658. The average molecular weight is 279 g/mol. The molecule has 0 aliphatic carbocycles. The molecule has 0 saturated carbocycles. The van der Waals surface area contributed by atoms with Gasteiger partial charge in [0, 0.05) is 12.2 Å². The average Bonchev–Trinajstić information content (AvgIpc) is 2.43. The molecular formula is C17H29NO2. The first-order valence-corrected chi connectivity index (χ1v) is 7.75. The number of hydrogen-bond donors (Lipinski definition) is 1. The second-order valence-corrected chi connectivity index (χ2v) is 5.29. The molecular weight excluding hydrogens is 250 g/mol. The topological polar surface area (TPSA) is 30.5 Å². The van der Waals surface area contributed by atoms with Gasteiger partial charge < -0.3 is 14.8 Å². The Bertz CT molecular complexity index is 366. The Morgan fingerprint density at radius 3 is 2.50 bits per heavy atom. The summed E-state index contributed by atoms with van der Waals surface area (Å²) in [5.41, 5.74) is 1.19. The van der Waals surface area contributed by atoms with E-state index in [1.165, 1.54) is 5.56 Å². The van der Waals surface area contributed by atoms with Crippen molar-refractivity contribution in [1.82, 2.24) is 5.32 Å². The molecule has 1 rings (SSSR count). The lowest BCUT2D eigenvalue weighted by Crippen LogP contribution is -2.27. The van der Waals surface area contributed by atoms with Crippen molar-refractivity contribution in [3.63, 3.8) is 0 Å². The largest absolute Gasteiger partial charge is 0.491 e. The van der Waals surface area contributed by atoms with E-state index in [0.29, 0.717) is 6.61 Å². The Labute approximate surface area is 123 Å². The summed E-state index contributed by atoms with van der Waals surface area (Å²) in [5.74, 6) is 0.955. The van der Waals surface area contributed by atoms with Crippen molar-refractivity contribution in [1.29, 1.82) is 0 Å². The van der Waals surface area contributed by atoms with Crippen LogP contribution < -0.4 is 10.1 Å². The number of rotatable bonds is 10. The molecule has 1 unspecified atom stereocenters. The second-order valence-electron chi connectivity index (χ2n) is 5.29. The molecule has 0 spiro atoms. The Morgan fingerprint density at radius 1 is 1.10 bits per heavy atom. The van der Waals surface area contributed by atoms with Gasteiger partial charge in [-0.2, -0.15) is 0 Å². The molecule has 1 aromatic carbocycles. The molecule has 114 valence electrons. The van der Waals surface area contributed by atoms with Crippen LogP contribution in [-0.4, -0.2) is 25.9 Å². The summed E-state index contributed by atoms with van der Waals surface area (Å²) in [5, 5.41) is 3.55. The highest BCUT2D eigenvalue weighted by Crippen LogP contribution is 2.26. The van der Waals surface area contributed by atoms with Gasteiger partial charge in [0.15, 0.2) is 0 Å². The summed E-state index contributed by atoms with van der Waals surface area (Å²) in [7, 11) is 0. The van der Waals surface area contributed by atoms with Gasteiger partial charge in [-0.15, -0.1) is 0 Å². The standard InChI is InChI=1S/C17H29NO2/c1-5-11-18-16(13-19-12-6-2)15-9-7-8-10-17(15)20-14(3)4/h7-10,14,16,18H,5-6,11-13H2,1-4H3. The van der Waals surface area contributed by atoms with Gasteiger partial charge in [0.1, 0.15) is 5.75 Å². The third-order valence-corrected chi connectivity index (χ3v) is 2.93. The van der Waals surface area contributed by atoms with Crippen LogP contribution in [0.5, 0.6) is 5.75 Å². The number of nitrogens with one attached hydrogen (secondary N) is 1. The maximum atomic E-state index is 5.92. The van der Waals surface area contributed by atoms with Crippen molar-refractivity contribution in [2.45, 2.75) is 52.7 Å². The van der Waals surface area contributed by atoms with E-state index in [0.717, 1.165) is 31.7 Å². The molecule has 0 aromatic heterocycles. The Morgan fingerprint density at radius 2 is 1.85 bits per heavy atom. The van der Waals surface area contributed by atoms with E-state index in [4.69, 9.17) is 9.47 Å². The Balaban J connectivity index is 2.81. The zero-order chi connectivity index (χ0) is 14.8. The van der Waals surface area contributed by atoms with Gasteiger partial charge in [0.25, 0.3) is 0 Å². The summed E-state index contributed by atoms with van der Waals surface area (Å²) >= 11 is 0. The monoisotopic (exact) mass is 279 g/mol. The molecule has 0 aliphatic heterocycles. The molecule has 0 fully saturated rings. The molecule has 0 bridgehead atoms. The minimum absolute atomic E-state index is 0.180. The van der Waals surface area contributed by atoms with Gasteiger partial charge in [0.2, 0.25) is 0 Å². The van der Waals surface area contributed by atoms with Crippen LogP contribution in [0.3, 0.4) is 0 Å². The van der Waals surface area contributed by atoms with Crippen molar-refractivity contribution >= 4 is 0 Å². The van der Waals surface area contributed by atoms with Gasteiger partial charge >= 0.3 is 0 Å². The van der Waals surface area contributed by atoms with Gasteiger partial charge in [0.05, 0.1) is 18.8 Å². The van der Waals surface area contributed by atoms with Crippen molar-refractivity contribution < 1.29 is 9.47 Å². The van der Waals surface area contributed by atoms with Crippen molar-refractivity contribution in [2.75, 3.05) is 19.8 Å². The lowest BCUT2D eigenvalue weighted by atomic mass is 10.1. The predicted octanol–water partition coefficient (Wildman–Crippen LogP) is 3.94. The lowest BCUT2D eigenvalue weighted by Gasteiger charge is -2.23. The first-order valence-electron chi connectivity index (χ1n) is 7.75. The fourth-order valence-corrected chi connectivity index (χ4v) is 2.05. The van der Waals surface area contributed by atoms with Crippen LogP contribution in [0, 0.1) is 0 Å². The van der Waals surface area contributed by atoms with Crippen LogP contribution >= 0.6 is 0 Å². The van der Waals surface area contributed by atoms with Gasteiger partial charge in [-0.3, -0.25) is 0 Å². The van der Waals surface area contributed by atoms with Crippen molar-refractivity contribution in [3.8, 4) is 5.75 Å². The number of hydrogen-bond acceptors (Lipinski definition) is 3. The molecule has 3 nitrogen and oxygen atoms in total. The van der Waals surface area contributed by atoms with Gasteiger partial charge in [-0.25, -0.2) is 0 Å². The molecule has 0 heterocycles. The lowest BCUT2D eigenvalue weighted by molar-refractivity contribution is 0.110. The third kappa shape index (κ3) is 5.93. The summed E-state index contributed by atoms with van der Waals surface area (Å²) < 4.78 is 11.7. The molecule has 1 N–H and O–H groups in total. The zero-order valence-corrected chi connectivity index (χ0v) is 13.3. The summed E-state index contributed by atoms with van der Waals surface area (Å²) in [6.07, 6.45) is 2.34. The minimum Gasteiger partial charge on any atom is -0.491 e. The van der Waals surface area contributed by atoms with Crippen molar-refractivity contribution in [3.05, 3.63) is 29.8 Å². The molecule has 3 heteroatoms. The van der Waals surface area contributed by atoms with Crippen LogP contribution in [-0.2, 0) is 4.74 Å². The maximum absolute atomic E-state index is 5.92. The van der Waals surface area contributed by atoms with E-state index in [1.807, 2.05) is 12.1 Å². The van der Waals surface area contributed by atoms with E-state index >= 15 is 0 Å². The number of benzene rings is 1. The summed E-state index contributed by atoms with van der Waals surface area (Å²) in [6.45, 7) is 10.9. The van der Waals surface area contributed by atoms with Crippen LogP contribution in [0.2, 0.25) is 0 Å². The van der Waals surface area contributed by atoms with Crippen molar-refractivity contribution in [2.24, 2.45) is 0 Å². The summed E-state index contributed by atoms with van der Waals surface area (Å²) in [4.78, 5) is 0. The maximum Gasteiger partial charge on any atom is 0.124 e. The fourth-order valence-electron chi connectivity index (χ4n) is 2.05. The molecule has 1 aromatic rings. The molecule has 0 radical (unpaired) electrons. The van der Waals surface area contributed by atoms with Crippen LogP contribution in [0.1, 0.15) is 52.1 Å². The molecule has 20 heavy (non-hydrogen) atoms. The Hall–Kier alpha value is -1.06. The number of ether oxygens (including phenoxy) is 2. The van der Waals surface area contributed by atoms with E-state index in [-0.39, 0.29) is 12.1 Å². The van der Waals surface area contributed by atoms with E-state index in [2.05, 4.69) is 45.1 Å². The normalized spacial score (nSPS) is 12.7. The van der Waals surface area contributed by atoms with Gasteiger partial charge in [-0.1, -0.05) is 32.0 Å². The zero-order valence-electron chi connectivity index (χ0n) is 13.3. The highest BCUT2D eigenvalue weighted by molar-refractivity contribution is 5.36. The van der Waals surface area contributed by atoms with E-state index < -0.39 is 0 Å². The molecule has 0 amide bonds. The Kier molecular flexibility index (Phi) is 8.31. The van der Waals surface area contributed by atoms with E-state index in [1.54, 1.807) is 0 Å². The van der Waals surface area contributed by atoms with Gasteiger partial charge in [-0.05, 0) is 39.3 Å². The highest BCUT2D eigenvalue weighted by atomic mass is 16.5. The highest BCUT2D eigenvalue weighted by Gasteiger charge is 2.16. The molecule has 0 aliphatic rings. The third-order valence-electron chi connectivity index (χ3n) is 2.93. The smallest absolute Gasteiger partial charge is 0.124 e. The second kappa shape index (κ2) is 9.78. The summed E-state index contributed by atoms with van der Waals surface area (Å²) in [6, 6.07) is 8.43. The first kappa shape index (κ1) is 17.0. The predicted molar refractivity (Wildman–Crippen MR) is 84.4 cm³/mol. The van der Waals surface area contributed by atoms with Crippen LogP contribution in [0.15, 0.2) is 24.3 Å². The molecule has 1 atom stereocenters. The molecule has 0 saturated heterocycles. The fraction of sp³-hybridized carbons (Fsp3) is 0.647. The van der Waals surface area contributed by atoms with E-state index in [9.17, 15) is 0 Å². The first-order chi connectivity index (χ1) is 9.69. The number of para-hydroxylation sites is 1.